The fraction of sp³-hybridized carbons (Fsp3) is 0.600. The summed E-state index contributed by atoms with van der Waals surface area (Å²) in [4.78, 5) is 7.58. The first kappa shape index (κ1) is 16.5. The van der Waals surface area contributed by atoms with Crippen molar-refractivity contribution in [3.63, 3.8) is 0 Å². The number of ether oxygens (including phenoxy) is 1. The van der Waals surface area contributed by atoms with E-state index in [0.717, 1.165) is 19.1 Å². The van der Waals surface area contributed by atoms with E-state index in [1.54, 1.807) is 0 Å². The van der Waals surface area contributed by atoms with Crippen LogP contribution >= 0.6 is 11.8 Å². The fourth-order valence-corrected chi connectivity index (χ4v) is 4.77. The van der Waals surface area contributed by atoms with Gasteiger partial charge in [-0.05, 0) is 74.6 Å². The first-order chi connectivity index (χ1) is 11.8. The Labute approximate surface area is 149 Å². The van der Waals surface area contributed by atoms with Crippen molar-refractivity contribution in [2.45, 2.75) is 43.0 Å². The summed E-state index contributed by atoms with van der Waals surface area (Å²) in [6.07, 6.45) is 10.8. The SMILES string of the molecule is CSc1ccc2[nH]cc(C[C@H]3CCCN3CC3CCOCC3)c2c1. The van der Waals surface area contributed by atoms with Crippen molar-refractivity contribution in [3.05, 3.63) is 30.0 Å². The number of H-pyrrole nitrogens is 1. The second-order valence-corrected chi connectivity index (χ2v) is 8.16. The van der Waals surface area contributed by atoms with Gasteiger partial charge in [0.05, 0.1) is 0 Å². The molecule has 4 heteroatoms. The largest absolute Gasteiger partial charge is 0.381 e. The van der Waals surface area contributed by atoms with Gasteiger partial charge in [-0.25, -0.2) is 0 Å². The summed E-state index contributed by atoms with van der Waals surface area (Å²) in [5.74, 6) is 0.838. The van der Waals surface area contributed by atoms with Gasteiger partial charge in [-0.15, -0.1) is 11.8 Å². The van der Waals surface area contributed by atoms with E-state index in [1.165, 1.54) is 66.6 Å². The van der Waals surface area contributed by atoms with Crippen LogP contribution in [0.1, 0.15) is 31.2 Å². The summed E-state index contributed by atoms with van der Waals surface area (Å²) < 4.78 is 5.52. The van der Waals surface area contributed by atoms with Crippen LogP contribution in [-0.4, -0.2) is 48.5 Å². The fourth-order valence-electron chi connectivity index (χ4n) is 4.33. The number of hydrogen-bond donors (Lipinski definition) is 1. The number of nitrogens with zero attached hydrogens (tertiary/aromatic N) is 1. The molecule has 0 saturated carbocycles. The van der Waals surface area contributed by atoms with Gasteiger partial charge in [0, 0.05) is 47.8 Å². The van der Waals surface area contributed by atoms with Crippen LogP contribution in [0.15, 0.2) is 29.3 Å². The van der Waals surface area contributed by atoms with E-state index < -0.39 is 0 Å². The summed E-state index contributed by atoms with van der Waals surface area (Å²) >= 11 is 1.83. The lowest BCUT2D eigenvalue weighted by atomic mass is 9.98. The number of nitrogens with one attached hydrogen (secondary N) is 1. The van der Waals surface area contributed by atoms with Crippen LogP contribution in [0.5, 0.6) is 0 Å². The Balaban J connectivity index is 1.47. The topological polar surface area (TPSA) is 28.3 Å². The van der Waals surface area contributed by atoms with Crippen molar-refractivity contribution in [1.29, 1.82) is 0 Å². The minimum Gasteiger partial charge on any atom is -0.381 e. The number of aromatic amines is 1. The van der Waals surface area contributed by atoms with Crippen molar-refractivity contribution in [2.24, 2.45) is 5.92 Å². The van der Waals surface area contributed by atoms with Crippen LogP contribution in [0, 0.1) is 5.92 Å². The molecule has 1 aromatic carbocycles. The number of likely N-dealkylation sites (tertiary alicyclic amines) is 1. The molecule has 1 atom stereocenters. The van der Waals surface area contributed by atoms with Crippen LogP contribution in [0.4, 0.5) is 0 Å². The van der Waals surface area contributed by atoms with E-state index in [1.807, 2.05) is 11.8 Å². The molecule has 0 aliphatic carbocycles. The average molecular weight is 345 g/mol. The normalized spacial score (nSPS) is 23.3. The lowest BCUT2D eigenvalue weighted by Crippen LogP contribution is -2.37. The standard InChI is InChI=1S/C20H28N2OS/c1-24-18-4-5-20-19(12-18)16(13-21-20)11-17-3-2-8-22(17)14-15-6-9-23-10-7-15/h4-5,12-13,15,17,21H,2-3,6-11,14H2,1H3/t17-/m1/s1. The zero-order chi connectivity index (χ0) is 16.4. The number of fused-ring (bicyclic) bond motifs is 1. The molecule has 2 aromatic rings. The zero-order valence-corrected chi connectivity index (χ0v) is 15.4. The van der Waals surface area contributed by atoms with Crippen LogP contribution in [-0.2, 0) is 11.2 Å². The van der Waals surface area contributed by atoms with Gasteiger partial charge in [-0.2, -0.15) is 0 Å². The van der Waals surface area contributed by atoms with E-state index in [-0.39, 0.29) is 0 Å². The Kier molecular flexibility index (Phi) is 5.16. The van der Waals surface area contributed by atoms with Gasteiger partial charge >= 0.3 is 0 Å². The first-order valence-corrected chi connectivity index (χ1v) is 10.5. The number of aromatic nitrogens is 1. The Morgan fingerprint density at radius 3 is 2.96 bits per heavy atom. The number of benzene rings is 1. The quantitative estimate of drug-likeness (QED) is 0.819. The molecule has 24 heavy (non-hydrogen) atoms. The highest BCUT2D eigenvalue weighted by atomic mass is 32.2. The highest BCUT2D eigenvalue weighted by molar-refractivity contribution is 7.98. The van der Waals surface area contributed by atoms with E-state index in [4.69, 9.17) is 4.74 Å². The molecule has 3 nitrogen and oxygen atoms in total. The smallest absolute Gasteiger partial charge is 0.0469 e. The molecule has 3 heterocycles. The lowest BCUT2D eigenvalue weighted by molar-refractivity contribution is 0.0507. The maximum absolute atomic E-state index is 5.52. The summed E-state index contributed by atoms with van der Waals surface area (Å²) in [6.45, 7) is 4.47. The maximum Gasteiger partial charge on any atom is 0.0469 e. The highest BCUT2D eigenvalue weighted by Crippen LogP contribution is 2.29. The Bertz CT molecular complexity index is 677. The second kappa shape index (κ2) is 7.51. The third-order valence-corrected chi connectivity index (χ3v) is 6.49. The predicted molar refractivity (Wildman–Crippen MR) is 102 cm³/mol. The molecule has 0 radical (unpaired) electrons. The van der Waals surface area contributed by atoms with Gasteiger partial charge in [0.25, 0.3) is 0 Å². The molecule has 0 unspecified atom stereocenters. The number of rotatable bonds is 5. The molecule has 130 valence electrons. The highest BCUT2D eigenvalue weighted by Gasteiger charge is 2.28. The zero-order valence-electron chi connectivity index (χ0n) is 14.6. The Hall–Kier alpha value is -0.970. The van der Waals surface area contributed by atoms with Crippen LogP contribution in [0.2, 0.25) is 0 Å². The van der Waals surface area contributed by atoms with Crippen molar-refractivity contribution in [2.75, 3.05) is 32.6 Å². The van der Waals surface area contributed by atoms with Gasteiger partial charge in [-0.3, -0.25) is 4.90 Å². The summed E-state index contributed by atoms with van der Waals surface area (Å²) in [6, 6.07) is 7.49. The van der Waals surface area contributed by atoms with E-state index >= 15 is 0 Å². The van der Waals surface area contributed by atoms with Gasteiger partial charge < -0.3 is 9.72 Å². The van der Waals surface area contributed by atoms with Gasteiger partial charge in [-0.1, -0.05) is 0 Å². The average Bonchev–Trinajstić information content (AvgIpc) is 3.23. The van der Waals surface area contributed by atoms with Crippen molar-refractivity contribution >= 4 is 22.7 Å². The first-order valence-electron chi connectivity index (χ1n) is 9.29. The molecule has 2 aliphatic heterocycles. The number of thioether (sulfide) groups is 1. The van der Waals surface area contributed by atoms with Crippen LogP contribution < -0.4 is 0 Å². The van der Waals surface area contributed by atoms with Gasteiger partial charge in [0.2, 0.25) is 0 Å². The molecule has 4 rings (SSSR count). The summed E-state index contributed by atoms with van der Waals surface area (Å²) in [7, 11) is 0. The molecule has 0 bridgehead atoms. The van der Waals surface area contributed by atoms with Crippen molar-refractivity contribution in [1.82, 2.24) is 9.88 Å². The molecule has 0 spiro atoms. The molecule has 2 aliphatic rings. The van der Waals surface area contributed by atoms with Crippen molar-refractivity contribution < 1.29 is 4.74 Å². The number of hydrogen-bond acceptors (Lipinski definition) is 3. The van der Waals surface area contributed by atoms with E-state index in [9.17, 15) is 0 Å². The van der Waals surface area contributed by atoms with Gasteiger partial charge in [0.1, 0.15) is 0 Å². The Morgan fingerprint density at radius 1 is 1.25 bits per heavy atom. The van der Waals surface area contributed by atoms with Gasteiger partial charge in [0.15, 0.2) is 0 Å². The molecule has 1 N–H and O–H groups in total. The predicted octanol–water partition coefficient (Wildman–Crippen LogP) is 4.32. The summed E-state index contributed by atoms with van der Waals surface area (Å²) in [5.41, 5.74) is 2.77. The third kappa shape index (κ3) is 3.51. The second-order valence-electron chi connectivity index (χ2n) is 7.28. The molecule has 0 amide bonds. The Morgan fingerprint density at radius 2 is 2.12 bits per heavy atom. The third-order valence-electron chi connectivity index (χ3n) is 5.76. The minimum absolute atomic E-state index is 0.713. The lowest BCUT2D eigenvalue weighted by Gasteiger charge is -2.31. The monoisotopic (exact) mass is 344 g/mol. The maximum atomic E-state index is 5.52. The van der Waals surface area contributed by atoms with E-state index in [2.05, 4.69) is 40.5 Å². The molecular weight excluding hydrogens is 316 g/mol. The molecular formula is C20H28N2OS. The van der Waals surface area contributed by atoms with Crippen LogP contribution in [0.25, 0.3) is 10.9 Å². The van der Waals surface area contributed by atoms with Crippen LogP contribution in [0.3, 0.4) is 0 Å². The molecule has 2 fully saturated rings. The molecule has 2 saturated heterocycles. The summed E-state index contributed by atoms with van der Waals surface area (Å²) in [5, 5.41) is 1.42. The van der Waals surface area contributed by atoms with Crippen molar-refractivity contribution in [3.8, 4) is 0 Å². The minimum atomic E-state index is 0.713. The van der Waals surface area contributed by atoms with E-state index in [0.29, 0.717) is 6.04 Å². The molecule has 1 aromatic heterocycles.